The molecule has 4 heteroatoms. The predicted molar refractivity (Wildman–Crippen MR) is 57.1 cm³/mol. The Labute approximate surface area is 85.7 Å². The summed E-state index contributed by atoms with van der Waals surface area (Å²) in [5.74, 6) is 1.08. The molecule has 14 heavy (non-hydrogen) atoms. The average molecular weight is 196 g/mol. The van der Waals surface area contributed by atoms with E-state index in [0.29, 0.717) is 0 Å². The molecule has 0 aliphatic heterocycles. The van der Waals surface area contributed by atoms with Gasteiger partial charge in [-0.25, -0.2) is 4.98 Å². The largest absolute Gasteiger partial charge is 0.319 e. The highest BCUT2D eigenvalue weighted by atomic mass is 15.3. The summed E-state index contributed by atoms with van der Waals surface area (Å²) in [6, 6.07) is 0. The van der Waals surface area contributed by atoms with E-state index in [9.17, 15) is 0 Å². The molecule has 0 aromatic carbocycles. The fraction of sp³-hybridized carbons (Fsp3) is 0.800. The van der Waals surface area contributed by atoms with Gasteiger partial charge < -0.3 is 5.32 Å². The van der Waals surface area contributed by atoms with Crippen molar-refractivity contribution in [1.82, 2.24) is 20.1 Å². The zero-order chi connectivity index (χ0) is 10.6. The van der Waals surface area contributed by atoms with Gasteiger partial charge in [0.1, 0.15) is 12.2 Å². The summed E-state index contributed by atoms with van der Waals surface area (Å²) in [6.07, 6.45) is 2.59. The Morgan fingerprint density at radius 2 is 2.21 bits per heavy atom. The van der Waals surface area contributed by atoms with Crippen LogP contribution in [0, 0.1) is 5.41 Å². The monoisotopic (exact) mass is 196 g/mol. The maximum atomic E-state index is 4.28. The summed E-state index contributed by atoms with van der Waals surface area (Å²) in [5, 5.41) is 7.36. The first-order valence-electron chi connectivity index (χ1n) is 5.10. The van der Waals surface area contributed by atoms with Gasteiger partial charge in [0.05, 0.1) is 0 Å². The molecule has 0 atom stereocenters. The van der Waals surface area contributed by atoms with E-state index in [2.05, 4.69) is 36.2 Å². The molecule has 80 valence electrons. The molecule has 0 fully saturated rings. The van der Waals surface area contributed by atoms with Crippen molar-refractivity contribution in [3.63, 3.8) is 0 Å². The van der Waals surface area contributed by atoms with Crippen LogP contribution >= 0.6 is 0 Å². The number of rotatable bonds is 5. The van der Waals surface area contributed by atoms with Crippen LogP contribution in [-0.2, 0) is 13.0 Å². The number of aryl methyl sites for hydroxylation is 1. The lowest BCUT2D eigenvalue weighted by Crippen LogP contribution is -2.30. The van der Waals surface area contributed by atoms with E-state index < -0.39 is 0 Å². The minimum absolute atomic E-state index is 0.231. The van der Waals surface area contributed by atoms with Crippen LogP contribution in [0.15, 0.2) is 6.33 Å². The van der Waals surface area contributed by atoms with Gasteiger partial charge in [-0.05, 0) is 19.4 Å². The lowest BCUT2D eigenvalue weighted by atomic mass is 9.89. The molecule has 0 aliphatic rings. The van der Waals surface area contributed by atoms with Crippen LogP contribution in [0.3, 0.4) is 0 Å². The lowest BCUT2D eigenvalue weighted by Gasteiger charge is -2.23. The smallest absolute Gasteiger partial charge is 0.138 e. The highest BCUT2D eigenvalue weighted by Crippen LogP contribution is 2.19. The van der Waals surface area contributed by atoms with Crippen LogP contribution in [0.25, 0.3) is 0 Å². The van der Waals surface area contributed by atoms with Crippen LogP contribution in [-0.4, -0.2) is 28.4 Å². The molecule has 4 nitrogen and oxygen atoms in total. The SMILES string of the molecule is CCn1ncnc1CC(C)(C)CNC. The van der Waals surface area contributed by atoms with E-state index in [-0.39, 0.29) is 5.41 Å². The van der Waals surface area contributed by atoms with E-state index in [0.717, 1.165) is 25.3 Å². The van der Waals surface area contributed by atoms with Crippen LogP contribution in [0.1, 0.15) is 26.6 Å². The Morgan fingerprint density at radius 3 is 2.79 bits per heavy atom. The molecule has 1 heterocycles. The van der Waals surface area contributed by atoms with E-state index in [1.807, 2.05) is 11.7 Å². The van der Waals surface area contributed by atoms with E-state index in [1.54, 1.807) is 6.33 Å². The third-order valence-electron chi connectivity index (χ3n) is 2.29. The van der Waals surface area contributed by atoms with Crippen molar-refractivity contribution < 1.29 is 0 Å². The summed E-state index contributed by atoms with van der Waals surface area (Å²) in [4.78, 5) is 4.28. The van der Waals surface area contributed by atoms with Gasteiger partial charge in [-0.1, -0.05) is 13.8 Å². The van der Waals surface area contributed by atoms with Crippen molar-refractivity contribution >= 4 is 0 Å². The first-order chi connectivity index (χ1) is 6.59. The molecule has 1 N–H and O–H groups in total. The van der Waals surface area contributed by atoms with Crippen molar-refractivity contribution in [2.24, 2.45) is 5.41 Å². The normalized spacial score (nSPS) is 12.0. The van der Waals surface area contributed by atoms with Gasteiger partial charge in [0, 0.05) is 19.5 Å². The molecule has 1 rings (SSSR count). The minimum Gasteiger partial charge on any atom is -0.319 e. The van der Waals surface area contributed by atoms with Crippen molar-refractivity contribution in [3.8, 4) is 0 Å². The Bertz CT molecular complexity index is 277. The Hall–Kier alpha value is -0.900. The first-order valence-corrected chi connectivity index (χ1v) is 5.10. The highest BCUT2D eigenvalue weighted by molar-refractivity contribution is 4.91. The van der Waals surface area contributed by atoms with Gasteiger partial charge in [0.2, 0.25) is 0 Å². The van der Waals surface area contributed by atoms with Gasteiger partial charge in [0.15, 0.2) is 0 Å². The number of hydrogen-bond acceptors (Lipinski definition) is 3. The number of aromatic nitrogens is 3. The van der Waals surface area contributed by atoms with Crippen LogP contribution < -0.4 is 5.32 Å². The fourth-order valence-electron chi connectivity index (χ4n) is 1.66. The summed E-state index contributed by atoms with van der Waals surface area (Å²) in [7, 11) is 1.98. The number of nitrogens with zero attached hydrogens (tertiary/aromatic N) is 3. The predicted octanol–water partition coefficient (Wildman–Crippen LogP) is 1.09. The molecule has 0 spiro atoms. The van der Waals surface area contributed by atoms with Gasteiger partial charge in [-0.15, -0.1) is 0 Å². The summed E-state index contributed by atoms with van der Waals surface area (Å²) in [6.45, 7) is 8.44. The summed E-state index contributed by atoms with van der Waals surface area (Å²) in [5.41, 5.74) is 0.231. The molecule has 0 radical (unpaired) electrons. The first kappa shape index (κ1) is 11.2. The van der Waals surface area contributed by atoms with Crippen molar-refractivity contribution in [3.05, 3.63) is 12.2 Å². The standard InChI is InChI=1S/C10H20N4/c1-5-14-9(12-8-13-14)6-10(2,3)7-11-4/h8,11H,5-7H2,1-4H3. The van der Waals surface area contributed by atoms with E-state index in [4.69, 9.17) is 0 Å². The van der Waals surface area contributed by atoms with E-state index >= 15 is 0 Å². The maximum Gasteiger partial charge on any atom is 0.138 e. The second kappa shape index (κ2) is 4.55. The van der Waals surface area contributed by atoms with Crippen molar-refractivity contribution in [1.29, 1.82) is 0 Å². The van der Waals surface area contributed by atoms with E-state index in [1.165, 1.54) is 0 Å². The fourth-order valence-corrected chi connectivity index (χ4v) is 1.66. The molecule has 1 aromatic heterocycles. The summed E-state index contributed by atoms with van der Waals surface area (Å²) >= 11 is 0. The van der Waals surface area contributed by atoms with Gasteiger partial charge in [0.25, 0.3) is 0 Å². The third-order valence-corrected chi connectivity index (χ3v) is 2.29. The molecule has 0 saturated carbocycles. The van der Waals surface area contributed by atoms with Crippen LogP contribution in [0.4, 0.5) is 0 Å². The molecule has 0 saturated heterocycles. The molecular weight excluding hydrogens is 176 g/mol. The number of nitrogens with one attached hydrogen (secondary N) is 1. The van der Waals surface area contributed by atoms with Gasteiger partial charge in [-0.2, -0.15) is 5.10 Å². The third kappa shape index (κ3) is 2.80. The second-order valence-electron chi connectivity index (χ2n) is 4.36. The Morgan fingerprint density at radius 1 is 1.50 bits per heavy atom. The van der Waals surface area contributed by atoms with Crippen molar-refractivity contribution in [2.45, 2.75) is 33.7 Å². The maximum absolute atomic E-state index is 4.28. The highest BCUT2D eigenvalue weighted by Gasteiger charge is 2.20. The molecular formula is C10H20N4. The minimum atomic E-state index is 0.231. The van der Waals surface area contributed by atoms with Gasteiger partial charge >= 0.3 is 0 Å². The molecule has 1 aromatic rings. The zero-order valence-corrected chi connectivity index (χ0v) is 9.54. The van der Waals surface area contributed by atoms with Crippen LogP contribution in [0.2, 0.25) is 0 Å². The molecule has 0 unspecified atom stereocenters. The Kier molecular flexibility index (Phi) is 3.63. The average Bonchev–Trinajstić information content (AvgIpc) is 2.50. The summed E-state index contributed by atoms with van der Waals surface area (Å²) < 4.78 is 1.96. The lowest BCUT2D eigenvalue weighted by molar-refractivity contribution is 0.335. The van der Waals surface area contributed by atoms with Crippen LogP contribution in [0.5, 0.6) is 0 Å². The second-order valence-corrected chi connectivity index (χ2v) is 4.36. The molecule has 0 amide bonds. The zero-order valence-electron chi connectivity index (χ0n) is 9.54. The molecule has 0 bridgehead atoms. The Balaban J connectivity index is 2.67. The topological polar surface area (TPSA) is 42.7 Å². The molecule has 0 aliphatic carbocycles. The quantitative estimate of drug-likeness (QED) is 0.766. The number of hydrogen-bond donors (Lipinski definition) is 1. The van der Waals surface area contributed by atoms with Crippen molar-refractivity contribution in [2.75, 3.05) is 13.6 Å². The van der Waals surface area contributed by atoms with Gasteiger partial charge in [-0.3, -0.25) is 4.68 Å².